The molecule has 10 nitrogen and oxygen atoms in total. The van der Waals surface area contributed by atoms with Crippen LogP contribution in [0.2, 0.25) is 0 Å². The summed E-state index contributed by atoms with van der Waals surface area (Å²) in [6.45, 7) is 1.42. The lowest BCUT2D eigenvalue weighted by Crippen LogP contribution is -2.32. The van der Waals surface area contributed by atoms with Crippen LogP contribution in [0.1, 0.15) is 11.4 Å². The number of fused-ring (bicyclic) bond motifs is 1. The second kappa shape index (κ2) is 5.14. The normalized spacial score (nSPS) is 13.7. The van der Waals surface area contributed by atoms with E-state index < -0.39 is 26.7 Å². The molecule has 122 valence electrons. The summed E-state index contributed by atoms with van der Waals surface area (Å²) in [4.78, 5) is 40.7. The van der Waals surface area contributed by atoms with Gasteiger partial charge >= 0.3 is 15.2 Å². The van der Waals surface area contributed by atoms with Crippen molar-refractivity contribution in [2.24, 2.45) is 0 Å². The highest BCUT2D eigenvalue weighted by molar-refractivity contribution is 7.72. The predicted octanol–water partition coefficient (Wildman–Crippen LogP) is -0.108. The highest BCUT2D eigenvalue weighted by atomic mass is 31.2. The lowest BCUT2D eigenvalue weighted by Gasteiger charge is -2.29. The fourth-order valence-electron chi connectivity index (χ4n) is 2.03. The van der Waals surface area contributed by atoms with Gasteiger partial charge in [0.2, 0.25) is 0 Å². The van der Waals surface area contributed by atoms with Crippen molar-refractivity contribution in [2.75, 3.05) is 0 Å². The zero-order chi connectivity index (χ0) is 16.9. The number of pyridine rings is 1. The maximum absolute atomic E-state index is 11.4. The van der Waals surface area contributed by atoms with Gasteiger partial charge in [-0.3, -0.25) is 9.13 Å². The molecule has 0 aliphatic rings. The summed E-state index contributed by atoms with van der Waals surface area (Å²) in [7, 11) is -11.1. The summed E-state index contributed by atoms with van der Waals surface area (Å²) >= 11 is 0. The van der Waals surface area contributed by atoms with Gasteiger partial charge in [0.05, 0.1) is 5.69 Å². The average Bonchev–Trinajstić information content (AvgIpc) is 2.65. The van der Waals surface area contributed by atoms with Crippen molar-refractivity contribution < 1.29 is 38.9 Å². The molecule has 2 aromatic rings. The van der Waals surface area contributed by atoms with Crippen molar-refractivity contribution in [1.29, 1.82) is 0 Å². The molecule has 0 saturated carbocycles. The van der Waals surface area contributed by atoms with E-state index in [2.05, 4.69) is 4.98 Å². The van der Waals surface area contributed by atoms with Gasteiger partial charge in [0, 0.05) is 18.3 Å². The predicted molar refractivity (Wildman–Crippen MR) is 74.3 cm³/mol. The fourth-order valence-corrected chi connectivity index (χ4v) is 4.10. The highest BCUT2D eigenvalue weighted by Gasteiger charge is 2.59. The standard InChI is InChI=1S/C10H14N2O8P2/c1-6-7(12-4-2-3-8(13)9(12)11-6)5-10(14,21(15,16)17)22(18,19)20/h2-4,13-14H,5H2,1H3,(H2,15,16,17)(H2,18,19,20). The minimum Gasteiger partial charge on any atom is -0.504 e. The van der Waals surface area contributed by atoms with Crippen molar-refractivity contribution in [3.63, 3.8) is 0 Å². The molecule has 2 rings (SSSR count). The Hall–Kier alpha value is -1.25. The summed E-state index contributed by atoms with van der Waals surface area (Å²) in [6, 6.07) is 2.73. The minimum atomic E-state index is -5.57. The van der Waals surface area contributed by atoms with E-state index in [-0.39, 0.29) is 22.8 Å². The van der Waals surface area contributed by atoms with Crippen LogP contribution in [0, 0.1) is 6.92 Å². The van der Waals surface area contributed by atoms with Gasteiger partial charge in [0.1, 0.15) is 0 Å². The minimum absolute atomic E-state index is 0.0359. The first kappa shape index (κ1) is 17.1. The van der Waals surface area contributed by atoms with E-state index in [1.165, 1.54) is 29.7 Å². The van der Waals surface area contributed by atoms with Gasteiger partial charge < -0.3 is 34.2 Å². The van der Waals surface area contributed by atoms with Gasteiger partial charge in [0.15, 0.2) is 11.4 Å². The van der Waals surface area contributed by atoms with E-state index in [0.717, 1.165) is 0 Å². The van der Waals surface area contributed by atoms with Crippen LogP contribution in [-0.2, 0) is 15.6 Å². The molecule has 0 bridgehead atoms. The number of nitrogens with zero attached hydrogens (tertiary/aromatic N) is 2. The maximum atomic E-state index is 11.4. The van der Waals surface area contributed by atoms with Crippen molar-refractivity contribution >= 4 is 20.8 Å². The lowest BCUT2D eigenvalue weighted by molar-refractivity contribution is 0.129. The summed E-state index contributed by atoms with van der Waals surface area (Å²) in [5.74, 6) is -0.229. The Morgan fingerprint density at radius 2 is 1.77 bits per heavy atom. The van der Waals surface area contributed by atoms with Gasteiger partial charge in [-0.05, 0) is 19.1 Å². The second-order valence-electron chi connectivity index (χ2n) is 4.77. The molecule has 0 spiro atoms. The van der Waals surface area contributed by atoms with Crippen LogP contribution in [0.5, 0.6) is 5.75 Å². The van der Waals surface area contributed by atoms with Crippen LogP contribution in [0.25, 0.3) is 5.65 Å². The third kappa shape index (κ3) is 2.59. The van der Waals surface area contributed by atoms with E-state index in [1.54, 1.807) is 0 Å². The maximum Gasteiger partial charge on any atom is 0.369 e. The fraction of sp³-hybridized carbons (Fsp3) is 0.300. The number of hydrogen-bond donors (Lipinski definition) is 6. The molecular weight excluding hydrogens is 338 g/mol. The van der Waals surface area contributed by atoms with Crippen LogP contribution >= 0.6 is 15.2 Å². The van der Waals surface area contributed by atoms with Crippen LogP contribution in [0.3, 0.4) is 0 Å². The smallest absolute Gasteiger partial charge is 0.369 e. The van der Waals surface area contributed by atoms with E-state index >= 15 is 0 Å². The van der Waals surface area contributed by atoms with E-state index in [1.807, 2.05) is 0 Å². The Bertz CT molecular complexity index is 798. The Morgan fingerprint density at radius 1 is 1.23 bits per heavy atom. The monoisotopic (exact) mass is 352 g/mol. The third-order valence-corrected chi connectivity index (χ3v) is 7.01. The molecule has 0 amide bonds. The lowest BCUT2D eigenvalue weighted by atomic mass is 10.2. The number of imidazole rings is 1. The SMILES string of the molecule is Cc1nc2c(O)cccn2c1CC(O)(P(=O)(O)O)P(=O)(O)O. The van der Waals surface area contributed by atoms with Crippen LogP contribution in [0.4, 0.5) is 0 Å². The number of hydrogen-bond acceptors (Lipinski definition) is 5. The van der Waals surface area contributed by atoms with E-state index in [9.17, 15) is 38.9 Å². The first-order valence-corrected chi connectivity index (χ1v) is 9.10. The van der Waals surface area contributed by atoms with E-state index in [4.69, 9.17) is 0 Å². The summed E-state index contributed by atoms with van der Waals surface area (Å²) in [5.41, 5.74) is 0.149. The molecule has 0 aromatic carbocycles. The zero-order valence-corrected chi connectivity index (χ0v) is 13.0. The molecule has 0 saturated heterocycles. The largest absolute Gasteiger partial charge is 0.504 e. The molecule has 0 unspecified atom stereocenters. The molecule has 0 atom stereocenters. The molecular formula is C10H14N2O8P2. The number of aromatic hydroxyl groups is 1. The Balaban J connectivity index is 2.68. The molecule has 12 heteroatoms. The summed E-state index contributed by atoms with van der Waals surface area (Å²) in [6.07, 6.45) is 0.335. The van der Waals surface area contributed by atoms with Gasteiger partial charge in [0.25, 0.3) is 5.08 Å². The van der Waals surface area contributed by atoms with Crippen LogP contribution in [0.15, 0.2) is 18.3 Å². The number of aromatic nitrogens is 2. The topological polar surface area (TPSA) is 173 Å². The van der Waals surface area contributed by atoms with E-state index in [0.29, 0.717) is 0 Å². The van der Waals surface area contributed by atoms with Gasteiger partial charge in [-0.1, -0.05) is 0 Å². The van der Waals surface area contributed by atoms with Crippen molar-refractivity contribution in [3.8, 4) is 5.75 Å². The molecule has 0 aliphatic heterocycles. The molecule has 0 aliphatic carbocycles. The third-order valence-electron chi connectivity index (χ3n) is 3.27. The average molecular weight is 352 g/mol. The zero-order valence-electron chi connectivity index (χ0n) is 11.2. The number of aliphatic hydroxyl groups is 1. The first-order chi connectivity index (χ1) is 9.88. The summed E-state index contributed by atoms with van der Waals surface area (Å²) < 4.78 is 24.0. The van der Waals surface area contributed by atoms with Crippen molar-refractivity contribution in [2.45, 2.75) is 18.4 Å². The molecule has 0 radical (unpaired) electrons. The Labute approximate surface area is 124 Å². The number of rotatable bonds is 4. The molecule has 2 aromatic heterocycles. The van der Waals surface area contributed by atoms with Gasteiger partial charge in [-0.25, -0.2) is 4.98 Å². The summed E-state index contributed by atoms with van der Waals surface area (Å²) in [5, 5.41) is 16.1. The highest BCUT2D eigenvalue weighted by Crippen LogP contribution is 2.68. The van der Waals surface area contributed by atoms with Crippen LogP contribution in [-0.4, -0.2) is 44.3 Å². The van der Waals surface area contributed by atoms with Crippen molar-refractivity contribution in [3.05, 3.63) is 29.7 Å². The molecule has 0 fully saturated rings. The molecule has 2 heterocycles. The second-order valence-corrected chi connectivity index (χ2v) is 8.78. The molecule has 6 N–H and O–H groups in total. The van der Waals surface area contributed by atoms with Gasteiger partial charge in [-0.15, -0.1) is 0 Å². The first-order valence-electron chi connectivity index (χ1n) is 5.87. The Morgan fingerprint density at radius 3 is 2.27 bits per heavy atom. The van der Waals surface area contributed by atoms with Crippen molar-refractivity contribution in [1.82, 2.24) is 9.38 Å². The Kier molecular flexibility index (Phi) is 4.00. The number of aryl methyl sites for hydroxylation is 1. The van der Waals surface area contributed by atoms with Gasteiger partial charge in [-0.2, -0.15) is 0 Å². The molecule has 22 heavy (non-hydrogen) atoms. The quantitative estimate of drug-likeness (QED) is 0.410. The van der Waals surface area contributed by atoms with Crippen LogP contribution < -0.4 is 0 Å².